The molecule has 0 aliphatic carbocycles. The molecule has 1 aromatic heterocycles. The Morgan fingerprint density at radius 2 is 1.55 bits per heavy atom. The van der Waals surface area contributed by atoms with E-state index in [1.807, 2.05) is 23.1 Å². The summed E-state index contributed by atoms with van der Waals surface area (Å²) in [4.78, 5) is 1.29. The quantitative estimate of drug-likeness (QED) is 0.489. The number of halogens is 5. The highest BCUT2D eigenvalue weighted by molar-refractivity contribution is 7.89. The van der Waals surface area contributed by atoms with E-state index < -0.39 is 26.7 Å². The Kier molecular flexibility index (Phi) is 6.54. The second-order valence-corrected chi connectivity index (χ2v) is 10.0. The minimum atomic E-state index is -4.68. The van der Waals surface area contributed by atoms with Crippen LogP contribution in [0.4, 0.5) is 19.0 Å². The predicted octanol–water partition coefficient (Wildman–Crippen LogP) is 4.98. The van der Waals surface area contributed by atoms with Gasteiger partial charge >= 0.3 is 6.18 Å². The summed E-state index contributed by atoms with van der Waals surface area (Å²) in [6.07, 6.45) is -4.68. The average Bonchev–Trinajstić information content (AvgIpc) is 2.79. The van der Waals surface area contributed by atoms with E-state index in [1.165, 1.54) is 0 Å². The van der Waals surface area contributed by atoms with Crippen molar-refractivity contribution in [3.8, 4) is 11.3 Å². The maximum atomic E-state index is 13.0. The molecule has 0 N–H and O–H groups in total. The van der Waals surface area contributed by atoms with Crippen LogP contribution in [0.3, 0.4) is 0 Å². The fraction of sp³-hybridized carbons (Fsp3) is 0.238. The summed E-state index contributed by atoms with van der Waals surface area (Å²) in [6.45, 7) is 0.692. The zero-order valence-corrected chi connectivity index (χ0v) is 19.3. The molecule has 0 saturated carbocycles. The molecule has 174 valence electrons. The first-order chi connectivity index (χ1) is 15.6. The van der Waals surface area contributed by atoms with Crippen molar-refractivity contribution >= 4 is 39.0 Å². The number of anilines is 1. The molecule has 1 aliphatic heterocycles. The van der Waals surface area contributed by atoms with Gasteiger partial charge in [-0.2, -0.15) is 17.5 Å². The molecule has 1 saturated heterocycles. The lowest BCUT2D eigenvalue weighted by Crippen LogP contribution is -2.49. The van der Waals surface area contributed by atoms with Crippen LogP contribution in [0.25, 0.3) is 11.3 Å². The molecule has 4 rings (SSSR count). The van der Waals surface area contributed by atoms with Crippen molar-refractivity contribution in [3.05, 3.63) is 70.2 Å². The first-order valence-electron chi connectivity index (χ1n) is 9.78. The number of hydrogen-bond acceptors (Lipinski definition) is 5. The lowest BCUT2D eigenvalue weighted by molar-refractivity contribution is -0.137. The number of hydrogen-bond donors (Lipinski definition) is 0. The summed E-state index contributed by atoms with van der Waals surface area (Å²) in [5, 5.41) is 8.72. The number of piperazine rings is 1. The monoisotopic (exact) mass is 516 g/mol. The molecule has 0 amide bonds. The summed E-state index contributed by atoms with van der Waals surface area (Å²) in [7, 11) is -4.20. The normalized spacial score (nSPS) is 15.6. The van der Waals surface area contributed by atoms with Gasteiger partial charge in [-0.1, -0.05) is 41.4 Å². The van der Waals surface area contributed by atoms with Gasteiger partial charge in [0.25, 0.3) is 0 Å². The summed E-state index contributed by atoms with van der Waals surface area (Å²) in [6, 6.07) is 13.0. The molecule has 33 heavy (non-hydrogen) atoms. The Labute approximate surface area is 198 Å². The SMILES string of the molecule is O=S(=O)(c1cc(C(F)(F)F)ccc1Cl)N1CCN(c2ccc(-c3ccccc3Cl)nn2)CC1. The Bertz CT molecular complexity index is 1260. The van der Waals surface area contributed by atoms with Crippen LogP contribution in [0.2, 0.25) is 10.0 Å². The van der Waals surface area contributed by atoms with Gasteiger partial charge in [0, 0.05) is 31.7 Å². The molecule has 2 aromatic carbocycles. The molecule has 6 nitrogen and oxygen atoms in total. The number of sulfonamides is 1. The van der Waals surface area contributed by atoms with Crippen molar-refractivity contribution in [1.29, 1.82) is 0 Å². The Hall–Kier alpha value is -2.40. The van der Waals surface area contributed by atoms with Gasteiger partial charge in [-0.25, -0.2) is 8.42 Å². The van der Waals surface area contributed by atoms with Gasteiger partial charge in [0.2, 0.25) is 10.0 Å². The molecule has 3 aromatic rings. The molecule has 0 radical (unpaired) electrons. The zero-order valence-electron chi connectivity index (χ0n) is 16.9. The van der Waals surface area contributed by atoms with Gasteiger partial charge in [-0.05, 0) is 36.4 Å². The van der Waals surface area contributed by atoms with Crippen LogP contribution in [0.15, 0.2) is 59.5 Å². The predicted molar refractivity (Wildman–Crippen MR) is 120 cm³/mol. The molecule has 0 atom stereocenters. The molecule has 2 heterocycles. The number of benzene rings is 2. The van der Waals surface area contributed by atoms with Gasteiger partial charge in [0.1, 0.15) is 4.90 Å². The Morgan fingerprint density at radius 3 is 2.15 bits per heavy atom. The van der Waals surface area contributed by atoms with E-state index in [9.17, 15) is 21.6 Å². The maximum absolute atomic E-state index is 13.0. The smallest absolute Gasteiger partial charge is 0.352 e. The van der Waals surface area contributed by atoms with Crippen LogP contribution in [0, 0.1) is 0 Å². The van der Waals surface area contributed by atoms with Gasteiger partial charge in [0.05, 0.1) is 21.3 Å². The van der Waals surface area contributed by atoms with Crippen molar-refractivity contribution in [3.63, 3.8) is 0 Å². The van der Waals surface area contributed by atoms with Crippen molar-refractivity contribution in [2.75, 3.05) is 31.1 Å². The lowest BCUT2D eigenvalue weighted by Gasteiger charge is -2.34. The molecule has 0 spiro atoms. The van der Waals surface area contributed by atoms with Crippen LogP contribution in [0.5, 0.6) is 0 Å². The largest absolute Gasteiger partial charge is 0.416 e. The van der Waals surface area contributed by atoms with Crippen LogP contribution in [-0.2, 0) is 16.2 Å². The van der Waals surface area contributed by atoms with Crippen LogP contribution >= 0.6 is 23.2 Å². The molecule has 0 bridgehead atoms. The Balaban J connectivity index is 1.48. The van der Waals surface area contributed by atoms with E-state index in [1.54, 1.807) is 18.2 Å². The maximum Gasteiger partial charge on any atom is 0.416 e. The van der Waals surface area contributed by atoms with Crippen molar-refractivity contribution in [2.45, 2.75) is 11.1 Å². The van der Waals surface area contributed by atoms with Gasteiger partial charge in [0.15, 0.2) is 5.82 Å². The standard InChI is InChI=1S/C21H17Cl2F3N4O2S/c22-16-4-2-1-3-15(16)18-7-8-20(28-27-18)29-9-11-30(12-10-29)33(31,32)19-13-14(21(24,25)26)5-6-17(19)23/h1-8,13H,9-12H2. The summed E-state index contributed by atoms with van der Waals surface area (Å²) in [5.41, 5.74) is 0.273. The van der Waals surface area contributed by atoms with E-state index in [0.717, 1.165) is 22.0 Å². The van der Waals surface area contributed by atoms with E-state index in [4.69, 9.17) is 23.2 Å². The molecule has 0 unspecified atom stereocenters. The minimum absolute atomic E-state index is 0.0584. The second-order valence-electron chi connectivity index (χ2n) is 7.29. The third kappa shape index (κ3) is 4.93. The second kappa shape index (κ2) is 9.09. The van der Waals surface area contributed by atoms with E-state index in [0.29, 0.717) is 22.6 Å². The number of rotatable bonds is 4. The summed E-state index contributed by atoms with van der Waals surface area (Å²) in [5.74, 6) is 0.556. The van der Waals surface area contributed by atoms with Gasteiger partial charge in [-0.15, -0.1) is 10.2 Å². The summed E-state index contributed by atoms with van der Waals surface area (Å²) < 4.78 is 66.2. The fourth-order valence-corrected chi connectivity index (χ4v) is 5.64. The highest BCUT2D eigenvalue weighted by Gasteiger charge is 2.35. The molecule has 12 heteroatoms. The minimum Gasteiger partial charge on any atom is -0.352 e. The number of alkyl halides is 3. The van der Waals surface area contributed by atoms with Gasteiger partial charge < -0.3 is 4.90 Å². The fourth-order valence-electron chi connectivity index (χ4n) is 3.48. The van der Waals surface area contributed by atoms with Crippen molar-refractivity contribution in [1.82, 2.24) is 14.5 Å². The lowest BCUT2D eigenvalue weighted by atomic mass is 10.1. The third-order valence-corrected chi connectivity index (χ3v) is 7.95. The number of nitrogens with zero attached hydrogens (tertiary/aromatic N) is 4. The Morgan fingerprint density at radius 1 is 0.848 bits per heavy atom. The van der Waals surface area contributed by atoms with Crippen LogP contribution < -0.4 is 4.90 Å². The molecule has 1 aliphatic rings. The first kappa shape index (κ1) is 23.7. The van der Waals surface area contributed by atoms with E-state index in [2.05, 4.69) is 10.2 Å². The van der Waals surface area contributed by atoms with Crippen molar-refractivity contribution < 1.29 is 21.6 Å². The van der Waals surface area contributed by atoms with E-state index in [-0.39, 0.29) is 31.2 Å². The summed E-state index contributed by atoms with van der Waals surface area (Å²) >= 11 is 12.1. The molecule has 1 fully saturated rings. The molecular weight excluding hydrogens is 500 g/mol. The highest BCUT2D eigenvalue weighted by Crippen LogP contribution is 2.35. The topological polar surface area (TPSA) is 66.4 Å². The number of aromatic nitrogens is 2. The van der Waals surface area contributed by atoms with Crippen LogP contribution in [0.1, 0.15) is 5.56 Å². The zero-order chi connectivity index (χ0) is 23.8. The van der Waals surface area contributed by atoms with Crippen molar-refractivity contribution in [2.24, 2.45) is 0 Å². The average molecular weight is 517 g/mol. The van der Waals surface area contributed by atoms with Gasteiger partial charge in [-0.3, -0.25) is 0 Å². The van der Waals surface area contributed by atoms with Crippen LogP contribution in [-0.4, -0.2) is 49.1 Å². The van der Waals surface area contributed by atoms with E-state index >= 15 is 0 Å². The first-order valence-corrected chi connectivity index (χ1v) is 12.0. The molecular formula is C21H17Cl2F3N4O2S. The third-order valence-electron chi connectivity index (χ3n) is 5.24. The highest BCUT2D eigenvalue weighted by atomic mass is 35.5.